The fourth-order valence-electron chi connectivity index (χ4n) is 1.50. The zero-order chi connectivity index (χ0) is 13.2. The van der Waals surface area contributed by atoms with Crippen molar-refractivity contribution in [3.8, 4) is 0 Å². The second kappa shape index (κ2) is 5.12. The molecule has 1 aromatic heterocycles. The summed E-state index contributed by atoms with van der Waals surface area (Å²) in [6.45, 7) is 1.88. The maximum Gasteiger partial charge on any atom is 0.253 e. The number of thioether (sulfide) groups is 1. The molecule has 1 atom stereocenters. The van der Waals surface area contributed by atoms with Crippen LogP contribution in [0.4, 0.5) is 5.82 Å². The average molecular weight is 283 g/mol. The number of rotatable bonds is 3. The number of nitrogens with one attached hydrogen (secondary N) is 1. The fraction of sp³-hybridized carbons (Fsp3) is 0.250. The summed E-state index contributed by atoms with van der Waals surface area (Å²) in [4.78, 5) is 26.9. The first-order valence-electron chi connectivity index (χ1n) is 5.31. The number of carbonyl (C=O) groups is 2. The van der Waals surface area contributed by atoms with Crippen LogP contribution in [0.25, 0.3) is 0 Å². The third kappa shape index (κ3) is 2.73. The number of anilines is 1. The molecule has 94 valence electrons. The molecular weight excluding hydrogens is 272 g/mol. The normalized spacial score (nSPS) is 21.9. The van der Waals surface area contributed by atoms with E-state index in [1.54, 1.807) is 6.07 Å². The van der Waals surface area contributed by atoms with Crippen molar-refractivity contribution in [2.24, 2.45) is 0 Å². The molecular formula is C12H11ClN2O2S. The minimum absolute atomic E-state index is 0.102. The minimum atomic E-state index is -0.567. The molecule has 0 aliphatic carbocycles. The number of carbonyl (C=O) groups excluding carboxylic acids is 2. The van der Waals surface area contributed by atoms with E-state index in [4.69, 9.17) is 11.6 Å². The van der Waals surface area contributed by atoms with Crippen LogP contribution in [0.5, 0.6) is 0 Å². The molecule has 18 heavy (non-hydrogen) atoms. The van der Waals surface area contributed by atoms with E-state index >= 15 is 0 Å². The molecule has 4 nitrogen and oxygen atoms in total. The number of amides is 1. The predicted octanol–water partition coefficient (Wildman–Crippen LogP) is 2.81. The van der Waals surface area contributed by atoms with Gasteiger partial charge in [0.15, 0.2) is 0 Å². The van der Waals surface area contributed by atoms with Gasteiger partial charge in [0.1, 0.15) is 5.82 Å². The third-order valence-electron chi connectivity index (χ3n) is 2.64. The molecule has 0 radical (unpaired) electrons. The van der Waals surface area contributed by atoms with Gasteiger partial charge >= 0.3 is 0 Å². The molecule has 0 aromatic carbocycles. The molecule has 1 aliphatic heterocycles. The van der Waals surface area contributed by atoms with Crippen molar-refractivity contribution in [3.05, 3.63) is 35.4 Å². The van der Waals surface area contributed by atoms with Crippen molar-refractivity contribution < 1.29 is 9.59 Å². The van der Waals surface area contributed by atoms with Crippen molar-refractivity contribution in [1.29, 1.82) is 0 Å². The highest BCUT2D eigenvalue weighted by atomic mass is 35.5. The second-order valence-electron chi connectivity index (χ2n) is 4.08. The van der Waals surface area contributed by atoms with Crippen molar-refractivity contribution >= 4 is 40.3 Å². The van der Waals surface area contributed by atoms with Gasteiger partial charge in [-0.05, 0) is 42.5 Å². The Kier molecular flexibility index (Phi) is 3.73. The lowest BCUT2D eigenvalue weighted by Gasteiger charge is -2.20. The maximum atomic E-state index is 12.1. The van der Waals surface area contributed by atoms with E-state index in [2.05, 4.69) is 10.3 Å². The van der Waals surface area contributed by atoms with Crippen LogP contribution in [-0.2, 0) is 4.79 Å². The van der Waals surface area contributed by atoms with Crippen LogP contribution in [0.3, 0.4) is 0 Å². The fourth-order valence-corrected chi connectivity index (χ4v) is 2.45. The van der Waals surface area contributed by atoms with Gasteiger partial charge in [0, 0.05) is 6.20 Å². The number of allylic oxidation sites excluding steroid dienone is 1. The van der Waals surface area contributed by atoms with Gasteiger partial charge < -0.3 is 5.32 Å². The molecule has 0 bridgehead atoms. The first-order chi connectivity index (χ1) is 8.51. The number of nitrogens with zero attached hydrogens (tertiary/aromatic N) is 1. The van der Waals surface area contributed by atoms with Crippen LogP contribution in [0, 0.1) is 0 Å². The van der Waals surface area contributed by atoms with Crippen molar-refractivity contribution in [2.75, 3.05) is 5.32 Å². The number of halogens is 1. The van der Waals surface area contributed by atoms with Crippen LogP contribution in [0.15, 0.2) is 29.8 Å². The molecule has 6 heteroatoms. The standard InChI is InChI=1S/C12H11ClN2O2S/c1-12(5-2-6-18-12)11(17)15-9-4-3-8(7-14-9)10(13)16/h2-4,6-7H,5H2,1H3,(H,14,15,17). The van der Waals surface area contributed by atoms with Gasteiger partial charge in [0.2, 0.25) is 5.91 Å². The Bertz CT molecular complexity index is 505. The summed E-state index contributed by atoms with van der Waals surface area (Å²) < 4.78 is -0.483. The molecule has 1 amide bonds. The summed E-state index contributed by atoms with van der Waals surface area (Å²) in [5, 5.41) is 4.08. The van der Waals surface area contributed by atoms with E-state index in [1.165, 1.54) is 24.0 Å². The summed E-state index contributed by atoms with van der Waals surface area (Å²) in [5.41, 5.74) is 0.304. The maximum absolute atomic E-state index is 12.1. The quantitative estimate of drug-likeness (QED) is 0.866. The van der Waals surface area contributed by atoms with Crippen LogP contribution >= 0.6 is 23.4 Å². The van der Waals surface area contributed by atoms with Crippen molar-refractivity contribution in [3.63, 3.8) is 0 Å². The highest BCUT2D eigenvalue weighted by Gasteiger charge is 2.34. The van der Waals surface area contributed by atoms with Gasteiger partial charge in [-0.25, -0.2) is 4.98 Å². The lowest BCUT2D eigenvalue weighted by Crippen LogP contribution is -2.35. The molecule has 0 saturated carbocycles. The Hall–Kier alpha value is -1.33. The molecule has 1 aromatic rings. The average Bonchev–Trinajstić information content (AvgIpc) is 2.78. The summed E-state index contributed by atoms with van der Waals surface area (Å²) in [6, 6.07) is 3.09. The van der Waals surface area contributed by atoms with Crippen LogP contribution < -0.4 is 5.32 Å². The van der Waals surface area contributed by atoms with Gasteiger partial charge in [0.05, 0.1) is 10.3 Å². The lowest BCUT2D eigenvalue weighted by atomic mass is 10.1. The lowest BCUT2D eigenvalue weighted by molar-refractivity contribution is -0.118. The molecule has 1 unspecified atom stereocenters. The van der Waals surface area contributed by atoms with Crippen LogP contribution in [-0.4, -0.2) is 20.9 Å². The first kappa shape index (κ1) is 13.1. The molecule has 2 rings (SSSR count). The monoisotopic (exact) mass is 282 g/mol. The molecule has 1 N–H and O–H groups in total. The Morgan fingerprint density at radius 1 is 1.50 bits per heavy atom. The Morgan fingerprint density at radius 3 is 2.78 bits per heavy atom. The number of hydrogen-bond donors (Lipinski definition) is 1. The molecule has 2 heterocycles. The zero-order valence-electron chi connectivity index (χ0n) is 9.64. The van der Waals surface area contributed by atoms with Crippen molar-refractivity contribution in [2.45, 2.75) is 18.1 Å². The summed E-state index contributed by atoms with van der Waals surface area (Å²) >= 11 is 6.79. The third-order valence-corrected chi connectivity index (χ3v) is 4.06. The van der Waals surface area contributed by atoms with E-state index in [0.717, 1.165) is 0 Å². The Morgan fingerprint density at radius 2 is 2.28 bits per heavy atom. The van der Waals surface area contributed by atoms with E-state index in [1.807, 2.05) is 18.4 Å². The second-order valence-corrected chi connectivity index (χ2v) is 5.84. The van der Waals surface area contributed by atoms with E-state index < -0.39 is 9.99 Å². The van der Waals surface area contributed by atoms with Crippen LogP contribution in [0.2, 0.25) is 0 Å². The van der Waals surface area contributed by atoms with Gasteiger partial charge in [-0.2, -0.15) is 0 Å². The van der Waals surface area contributed by atoms with E-state index in [0.29, 0.717) is 17.8 Å². The van der Waals surface area contributed by atoms with E-state index in [-0.39, 0.29) is 5.91 Å². The molecule has 0 saturated heterocycles. The SMILES string of the molecule is CC1(C(=O)Nc2ccc(C(=O)Cl)cn2)CC=CS1. The van der Waals surface area contributed by atoms with Gasteiger partial charge in [-0.1, -0.05) is 6.08 Å². The highest BCUT2D eigenvalue weighted by molar-refractivity contribution is 8.04. The summed E-state index contributed by atoms with van der Waals surface area (Å²) in [6.07, 6.45) is 4.00. The summed E-state index contributed by atoms with van der Waals surface area (Å²) in [7, 11) is 0. The molecule has 0 fully saturated rings. The topological polar surface area (TPSA) is 59.1 Å². The van der Waals surface area contributed by atoms with Crippen LogP contribution in [0.1, 0.15) is 23.7 Å². The van der Waals surface area contributed by atoms with Gasteiger partial charge in [0.25, 0.3) is 5.24 Å². The van der Waals surface area contributed by atoms with Gasteiger partial charge in [-0.15, -0.1) is 11.8 Å². The van der Waals surface area contributed by atoms with E-state index in [9.17, 15) is 9.59 Å². The largest absolute Gasteiger partial charge is 0.309 e. The predicted molar refractivity (Wildman–Crippen MR) is 72.8 cm³/mol. The first-order valence-corrected chi connectivity index (χ1v) is 6.57. The Labute approximate surface area is 114 Å². The highest BCUT2D eigenvalue weighted by Crippen LogP contribution is 2.36. The molecule has 1 aliphatic rings. The number of pyridine rings is 1. The number of aromatic nitrogens is 1. The van der Waals surface area contributed by atoms with Gasteiger partial charge in [-0.3, -0.25) is 9.59 Å². The zero-order valence-corrected chi connectivity index (χ0v) is 11.2. The van der Waals surface area contributed by atoms with Crippen molar-refractivity contribution in [1.82, 2.24) is 4.98 Å². The minimum Gasteiger partial charge on any atom is -0.309 e. The summed E-state index contributed by atoms with van der Waals surface area (Å²) in [5.74, 6) is 0.311. The smallest absolute Gasteiger partial charge is 0.253 e. The Balaban J connectivity index is 2.05. The number of hydrogen-bond acceptors (Lipinski definition) is 4. The molecule has 0 spiro atoms.